The fourth-order valence-corrected chi connectivity index (χ4v) is 3.02. The molecule has 0 saturated heterocycles. The molecule has 2 heterocycles. The molecule has 1 aromatic carbocycles. The molecule has 0 saturated carbocycles. The van der Waals surface area contributed by atoms with Crippen LogP contribution in [-0.4, -0.2) is 33.0 Å². The fourth-order valence-electron chi connectivity index (χ4n) is 3.02. The summed E-state index contributed by atoms with van der Waals surface area (Å²) in [5.74, 6) is -0.0277. The van der Waals surface area contributed by atoms with E-state index in [0.29, 0.717) is 17.2 Å². The summed E-state index contributed by atoms with van der Waals surface area (Å²) in [5.41, 5.74) is 1.85. The van der Waals surface area contributed by atoms with E-state index >= 15 is 0 Å². The number of methoxy groups -OCH3 is 2. The normalized spacial score (nSPS) is 15.0. The molecule has 2 aliphatic rings. The molecule has 27 heavy (non-hydrogen) atoms. The zero-order valence-corrected chi connectivity index (χ0v) is 15.5. The third-order valence-corrected chi connectivity index (χ3v) is 4.24. The molecule has 7 nitrogen and oxygen atoms in total. The van der Waals surface area contributed by atoms with Gasteiger partial charge < -0.3 is 23.8 Å². The minimum atomic E-state index is -0.647. The maximum absolute atomic E-state index is 12.6. The highest BCUT2D eigenvalue weighted by Gasteiger charge is 2.30. The molecular formula is C20H21NO6. The number of aryl methyl sites for hydroxylation is 1. The van der Waals surface area contributed by atoms with Gasteiger partial charge in [-0.05, 0) is 30.2 Å². The predicted octanol–water partition coefficient (Wildman–Crippen LogP) is 2.86. The van der Waals surface area contributed by atoms with Crippen molar-refractivity contribution in [2.45, 2.75) is 19.8 Å². The van der Waals surface area contributed by atoms with E-state index in [4.69, 9.17) is 18.9 Å². The summed E-state index contributed by atoms with van der Waals surface area (Å²) in [6.07, 6.45) is 8.28. The summed E-state index contributed by atoms with van der Waals surface area (Å²) >= 11 is 0. The second-order valence-corrected chi connectivity index (χ2v) is 5.90. The van der Waals surface area contributed by atoms with E-state index in [1.807, 2.05) is 6.07 Å². The van der Waals surface area contributed by atoms with Crippen LogP contribution >= 0.6 is 0 Å². The third kappa shape index (κ3) is 3.53. The molecule has 0 atom stereocenters. The molecule has 142 valence electrons. The zero-order valence-electron chi connectivity index (χ0n) is 15.5. The molecular weight excluding hydrogens is 350 g/mol. The number of carbonyl (C=O) groups excluding carboxylic acids is 2. The summed E-state index contributed by atoms with van der Waals surface area (Å²) < 4.78 is 20.8. The van der Waals surface area contributed by atoms with E-state index in [1.165, 1.54) is 20.3 Å². The lowest BCUT2D eigenvalue weighted by Crippen LogP contribution is -2.27. The van der Waals surface area contributed by atoms with Crippen LogP contribution < -0.4 is 14.4 Å². The Labute approximate surface area is 157 Å². The zero-order chi connectivity index (χ0) is 19.4. The molecule has 0 aromatic heterocycles. The lowest BCUT2D eigenvalue weighted by atomic mass is 10.0. The van der Waals surface area contributed by atoms with E-state index in [1.54, 1.807) is 29.3 Å². The largest absolute Gasteiger partial charge is 0.465 e. The minimum absolute atomic E-state index is 0.0746. The Hall–Kier alpha value is -3.22. The van der Waals surface area contributed by atoms with Crippen molar-refractivity contribution in [1.29, 1.82) is 0 Å². The molecule has 0 bridgehead atoms. The standard InChI is InChI=1S/C20H21NO6/c1-4-7-13-10-16-17(27-12-26-16)11-15(13)21-9-6-5-8-14(19(22)24-2)18(21)20(23)25-3/h5-6,8-11H,4,7,12H2,1-3H3. The Morgan fingerprint density at radius 1 is 1.07 bits per heavy atom. The lowest BCUT2D eigenvalue weighted by molar-refractivity contribution is -0.139. The maximum atomic E-state index is 12.6. The van der Waals surface area contributed by atoms with Gasteiger partial charge in [-0.3, -0.25) is 0 Å². The summed E-state index contributed by atoms with van der Waals surface area (Å²) in [5, 5.41) is 0. The summed E-state index contributed by atoms with van der Waals surface area (Å²) in [4.78, 5) is 26.5. The van der Waals surface area contributed by atoms with Gasteiger partial charge >= 0.3 is 11.9 Å². The summed E-state index contributed by atoms with van der Waals surface area (Å²) in [6, 6.07) is 3.71. The van der Waals surface area contributed by atoms with Crippen molar-refractivity contribution in [2.75, 3.05) is 25.9 Å². The van der Waals surface area contributed by atoms with Gasteiger partial charge in [0.1, 0.15) is 5.70 Å². The minimum Gasteiger partial charge on any atom is -0.465 e. The van der Waals surface area contributed by atoms with Crippen molar-refractivity contribution in [2.24, 2.45) is 0 Å². The number of anilines is 1. The van der Waals surface area contributed by atoms with Crippen molar-refractivity contribution in [3.05, 3.63) is 53.4 Å². The number of hydrogen-bond acceptors (Lipinski definition) is 7. The van der Waals surface area contributed by atoms with Crippen LogP contribution in [0.2, 0.25) is 0 Å². The van der Waals surface area contributed by atoms with Crippen molar-refractivity contribution in [1.82, 2.24) is 0 Å². The van der Waals surface area contributed by atoms with Crippen LogP contribution in [0.15, 0.2) is 47.8 Å². The first-order valence-electron chi connectivity index (χ1n) is 8.58. The SMILES string of the molecule is CCCc1cc2c(cc1N1C=CC=CC(C(=O)OC)=C1C(=O)OC)OCO2. The van der Waals surface area contributed by atoms with Crippen molar-refractivity contribution < 1.29 is 28.5 Å². The van der Waals surface area contributed by atoms with Gasteiger partial charge in [0.15, 0.2) is 11.5 Å². The number of hydrogen-bond donors (Lipinski definition) is 0. The molecule has 0 N–H and O–H groups in total. The van der Waals surface area contributed by atoms with Gasteiger partial charge in [-0.25, -0.2) is 9.59 Å². The molecule has 3 rings (SSSR count). The van der Waals surface area contributed by atoms with Crippen LogP contribution in [0.4, 0.5) is 5.69 Å². The second kappa shape index (κ2) is 7.99. The first kappa shape index (κ1) is 18.6. The smallest absolute Gasteiger partial charge is 0.355 e. The summed E-state index contributed by atoms with van der Waals surface area (Å²) in [7, 11) is 2.54. The van der Waals surface area contributed by atoms with Gasteiger partial charge in [0.25, 0.3) is 0 Å². The third-order valence-electron chi connectivity index (χ3n) is 4.24. The molecule has 0 radical (unpaired) electrons. The number of fused-ring (bicyclic) bond motifs is 1. The highest BCUT2D eigenvalue weighted by Crippen LogP contribution is 2.41. The van der Waals surface area contributed by atoms with Gasteiger partial charge in [-0.2, -0.15) is 0 Å². The highest BCUT2D eigenvalue weighted by molar-refractivity contribution is 6.05. The number of benzene rings is 1. The summed E-state index contributed by atoms with van der Waals surface area (Å²) in [6.45, 7) is 2.21. The van der Waals surface area contributed by atoms with Crippen LogP contribution in [0.3, 0.4) is 0 Å². The molecule has 0 spiro atoms. The van der Waals surface area contributed by atoms with Gasteiger partial charge in [0, 0.05) is 12.3 Å². The second-order valence-electron chi connectivity index (χ2n) is 5.90. The molecule has 2 aliphatic heterocycles. The van der Waals surface area contributed by atoms with Crippen LogP contribution in [0.1, 0.15) is 18.9 Å². The molecule has 0 amide bonds. The molecule has 0 unspecified atom stereocenters. The van der Waals surface area contributed by atoms with Crippen molar-refractivity contribution >= 4 is 17.6 Å². The Morgan fingerprint density at radius 2 is 1.78 bits per heavy atom. The van der Waals surface area contributed by atoms with Crippen molar-refractivity contribution in [3.63, 3.8) is 0 Å². The van der Waals surface area contributed by atoms with Crippen LogP contribution in [0, 0.1) is 0 Å². The molecule has 0 aliphatic carbocycles. The number of esters is 2. The average Bonchev–Trinajstić information content (AvgIpc) is 3.02. The Kier molecular flexibility index (Phi) is 5.49. The predicted molar refractivity (Wildman–Crippen MR) is 98.4 cm³/mol. The van der Waals surface area contributed by atoms with E-state index in [-0.39, 0.29) is 18.1 Å². The maximum Gasteiger partial charge on any atom is 0.355 e. The average molecular weight is 371 g/mol. The first-order chi connectivity index (χ1) is 13.1. The van der Waals surface area contributed by atoms with Crippen LogP contribution in [-0.2, 0) is 25.5 Å². The molecule has 1 aromatic rings. The van der Waals surface area contributed by atoms with E-state index in [9.17, 15) is 9.59 Å². The Bertz CT molecular complexity index is 852. The molecule has 0 fully saturated rings. The monoisotopic (exact) mass is 371 g/mol. The fraction of sp³-hybridized carbons (Fsp3) is 0.300. The quantitative estimate of drug-likeness (QED) is 0.737. The molecule has 7 heteroatoms. The van der Waals surface area contributed by atoms with E-state index < -0.39 is 11.9 Å². The number of carbonyl (C=O) groups is 2. The van der Waals surface area contributed by atoms with E-state index in [0.717, 1.165) is 18.4 Å². The number of allylic oxidation sites excluding steroid dienone is 2. The topological polar surface area (TPSA) is 74.3 Å². The highest BCUT2D eigenvalue weighted by atomic mass is 16.7. The van der Waals surface area contributed by atoms with Gasteiger partial charge in [0.05, 0.1) is 25.5 Å². The van der Waals surface area contributed by atoms with Crippen LogP contribution in [0.25, 0.3) is 0 Å². The number of rotatable bonds is 5. The van der Waals surface area contributed by atoms with E-state index in [2.05, 4.69) is 6.92 Å². The lowest BCUT2D eigenvalue weighted by Gasteiger charge is -2.25. The number of ether oxygens (including phenoxy) is 4. The Balaban J connectivity index is 2.21. The van der Waals surface area contributed by atoms with Crippen molar-refractivity contribution in [3.8, 4) is 11.5 Å². The Morgan fingerprint density at radius 3 is 2.44 bits per heavy atom. The van der Waals surface area contributed by atoms with Crippen LogP contribution in [0.5, 0.6) is 11.5 Å². The van der Waals surface area contributed by atoms with Gasteiger partial charge in [-0.1, -0.05) is 19.4 Å². The first-order valence-corrected chi connectivity index (χ1v) is 8.58. The van der Waals surface area contributed by atoms with Gasteiger partial charge in [0.2, 0.25) is 6.79 Å². The van der Waals surface area contributed by atoms with Gasteiger partial charge in [-0.15, -0.1) is 0 Å². The number of nitrogens with zero attached hydrogens (tertiary/aromatic N) is 1.